The molecule has 0 unspecified atom stereocenters. The van der Waals surface area contributed by atoms with E-state index in [1.165, 1.54) is 4.31 Å². The summed E-state index contributed by atoms with van der Waals surface area (Å²) < 4.78 is 33.4. The van der Waals surface area contributed by atoms with Gasteiger partial charge >= 0.3 is 0 Å². The molecule has 3 atom stereocenters. The van der Waals surface area contributed by atoms with Crippen LogP contribution in [0, 0.1) is 18.8 Å². The van der Waals surface area contributed by atoms with Gasteiger partial charge in [0.15, 0.2) is 0 Å². The van der Waals surface area contributed by atoms with Crippen LogP contribution < -0.4 is 10.1 Å². The summed E-state index contributed by atoms with van der Waals surface area (Å²) >= 11 is 1.07. The van der Waals surface area contributed by atoms with Crippen molar-refractivity contribution in [1.29, 1.82) is 0 Å². The molecule has 5 rings (SSSR count). The fourth-order valence-corrected chi connectivity index (χ4v) is 7.15. The number of aromatic nitrogens is 2. The topological polar surface area (TPSA) is 101 Å². The zero-order valence-electron chi connectivity index (χ0n) is 17.2. The molecule has 8 nitrogen and oxygen atoms in total. The van der Waals surface area contributed by atoms with Crippen molar-refractivity contribution in [3.05, 3.63) is 29.3 Å². The van der Waals surface area contributed by atoms with Crippen molar-refractivity contribution in [2.45, 2.75) is 56.5 Å². The number of aryl methyl sites for hydroxylation is 1. The van der Waals surface area contributed by atoms with Gasteiger partial charge in [0.25, 0.3) is 10.0 Å². The lowest BCUT2D eigenvalue weighted by Gasteiger charge is -2.47. The Kier molecular flexibility index (Phi) is 5.82. The first-order valence-corrected chi connectivity index (χ1v) is 12.4. The highest BCUT2D eigenvalue weighted by Crippen LogP contribution is 2.42. The second-order valence-corrected chi connectivity index (χ2v) is 11.4. The van der Waals surface area contributed by atoms with Gasteiger partial charge in [0.1, 0.15) is 10.8 Å². The number of hydrogen-bond acceptors (Lipinski definition) is 7. The SMILES string of the molecule is Cc1nnc(S(=O)(=O)N2C[C@H]3CC[C@@H]2[C@H](C(=O)Nc2ccc(OC(C)C)cc2)C3)s1. The third-order valence-corrected chi connectivity index (χ3v) is 8.67. The summed E-state index contributed by atoms with van der Waals surface area (Å²) in [5, 5.41) is 11.2. The van der Waals surface area contributed by atoms with Gasteiger partial charge in [-0.25, -0.2) is 8.42 Å². The highest BCUT2D eigenvalue weighted by atomic mass is 32.2. The summed E-state index contributed by atoms with van der Waals surface area (Å²) in [7, 11) is -3.75. The molecule has 1 aliphatic carbocycles. The molecule has 1 saturated carbocycles. The van der Waals surface area contributed by atoms with Crippen molar-refractivity contribution in [1.82, 2.24) is 14.5 Å². The van der Waals surface area contributed by atoms with Gasteiger partial charge in [-0.05, 0) is 70.2 Å². The van der Waals surface area contributed by atoms with E-state index in [0.29, 0.717) is 30.1 Å². The molecule has 3 fully saturated rings. The third kappa shape index (κ3) is 4.21. The smallest absolute Gasteiger partial charge is 0.272 e. The second-order valence-electron chi connectivity index (χ2n) is 8.19. The molecule has 1 N–H and O–H groups in total. The van der Waals surface area contributed by atoms with E-state index in [1.807, 2.05) is 26.0 Å². The average Bonchev–Trinajstić information content (AvgIpc) is 3.16. The van der Waals surface area contributed by atoms with Crippen LogP contribution >= 0.6 is 11.3 Å². The van der Waals surface area contributed by atoms with E-state index in [4.69, 9.17) is 4.74 Å². The van der Waals surface area contributed by atoms with Gasteiger partial charge in [0.05, 0.1) is 12.0 Å². The van der Waals surface area contributed by atoms with Crippen molar-refractivity contribution in [2.75, 3.05) is 11.9 Å². The van der Waals surface area contributed by atoms with Gasteiger partial charge in [-0.1, -0.05) is 11.3 Å². The Balaban J connectivity index is 1.50. The summed E-state index contributed by atoms with van der Waals surface area (Å²) in [6, 6.07) is 6.88. The lowest BCUT2D eigenvalue weighted by Crippen LogP contribution is -2.57. The van der Waals surface area contributed by atoms with Gasteiger partial charge < -0.3 is 10.1 Å². The Morgan fingerprint density at radius 1 is 1.23 bits per heavy atom. The highest BCUT2D eigenvalue weighted by molar-refractivity contribution is 7.91. The largest absolute Gasteiger partial charge is 0.491 e. The number of anilines is 1. The Morgan fingerprint density at radius 2 is 1.97 bits per heavy atom. The molecule has 30 heavy (non-hydrogen) atoms. The number of carbonyl (C=O) groups excluding carboxylic acids is 1. The summed E-state index contributed by atoms with van der Waals surface area (Å²) in [6.07, 6.45) is 2.40. The second kappa shape index (κ2) is 8.24. The number of amides is 1. The van der Waals surface area contributed by atoms with E-state index in [2.05, 4.69) is 15.5 Å². The molecule has 1 amide bonds. The Hall–Kier alpha value is -2.04. The summed E-state index contributed by atoms with van der Waals surface area (Å²) in [4.78, 5) is 13.0. The zero-order valence-corrected chi connectivity index (χ0v) is 18.9. The molecular formula is C20H26N4O4S2. The van der Waals surface area contributed by atoms with Crippen LogP contribution in [0.2, 0.25) is 0 Å². The number of sulfonamides is 1. The van der Waals surface area contributed by atoms with E-state index in [1.54, 1.807) is 19.1 Å². The Morgan fingerprint density at radius 3 is 2.57 bits per heavy atom. The van der Waals surface area contributed by atoms with Crippen molar-refractivity contribution < 1.29 is 17.9 Å². The number of fused-ring (bicyclic) bond motifs is 3. The predicted molar refractivity (Wildman–Crippen MR) is 114 cm³/mol. The van der Waals surface area contributed by atoms with Gasteiger partial charge in [0, 0.05) is 18.3 Å². The van der Waals surface area contributed by atoms with E-state index < -0.39 is 10.0 Å². The van der Waals surface area contributed by atoms with Gasteiger partial charge in [-0.3, -0.25) is 4.79 Å². The van der Waals surface area contributed by atoms with Crippen LogP contribution in [-0.2, 0) is 14.8 Å². The molecule has 3 heterocycles. The summed E-state index contributed by atoms with van der Waals surface area (Å²) in [5.41, 5.74) is 0.673. The Labute approximate surface area is 180 Å². The molecular weight excluding hydrogens is 424 g/mol. The molecule has 0 spiro atoms. The van der Waals surface area contributed by atoms with Gasteiger partial charge in [-0.15, -0.1) is 10.2 Å². The number of ether oxygens (including phenoxy) is 1. The van der Waals surface area contributed by atoms with Crippen LogP contribution in [0.4, 0.5) is 5.69 Å². The highest BCUT2D eigenvalue weighted by Gasteiger charge is 2.49. The lowest BCUT2D eigenvalue weighted by atomic mass is 9.73. The molecule has 2 bridgehead atoms. The average molecular weight is 451 g/mol. The molecule has 1 aromatic carbocycles. The predicted octanol–water partition coefficient (Wildman–Crippen LogP) is 3.06. The maximum Gasteiger partial charge on any atom is 0.272 e. The number of nitrogens with one attached hydrogen (secondary N) is 1. The molecule has 2 saturated heterocycles. The number of rotatable bonds is 6. The zero-order chi connectivity index (χ0) is 21.5. The van der Waals surface area contributed by atoms with E-state index in [0.717, 1.165) is 23.5 Å². The van der Waals surface area contributed by atoms with Crippen LogP contribution in [0.3, 0.4) is 0 Å². The van der Waals surface area contributed by atoms with Crippen molar-refractivity contribution in [3.8, 4) is 5.75 Å². The van der Waals surface area contributed by atoms with E-state index >= 15 is 0 Å². The van der Waals surface area contributed by atoms with Crippen LogP contribution in [-0.4, -0.2) is 47.5 Å². The van der Waals surface area contributed by atoms with E-state index in [-0.39, 0.29) is 34.2 Å². The quantitative estimate of drug-likeness (QED) is 0.726. The minimum Gasteiger partial charge on any atom is -0.491 e. The minimum atomic E-state index is -3.75. The van der Waals surface area contributed by atoms with Crippen LogP contribution in [0.25, 0.3) is 0 Å². The minimum absolute atomic E-state index is 0.00690. The number of nitrogens with zero attached hydrogens (tertiary/aromatic N) is 3. The molecule has 3 aliphatic rings. The fraction of sp³-hybridized carbons (Fsp3) is 0.550. The first kappa shape index (κ1) is 21.2. The van der Waals surface area contributed by atoms with Crippen molar-refractivity contribution in [2.24, 2.45) is 11.8 Å². The molecule has 2 aromatic rings. The Bertz CT molecular complexity index is 1020. The van der Waals surface area contributed by atoms with Crippen LogP contribution in [0.15, 0.2) is 28.6 Å². The number of piperidine rings is 2. The van der Waals surface area contributed by atoms with Gasteiger partial charge in [-0.2, -0.15) is 4.31 Å². The first-order valence-electron chi connectivity index (χ1n) is 10.1. The maximum atomic E-state index is 13.1. The maximum absolute atomic E-state index is 13.1. The molecule has 0 radical (unpaired) electrons. The number of carbonyl (C=O) groups is 1. The molecule has 162 valence electrons. The standard InChI is InChI=1S/C20H26N4O4S2/c1-12(2)28-16-7-5-15(6-8-16)21-19(25)17-10-14-4-9-18(17)24(11-14)30(26,27)20-23-22-13(3)29-20/h5-8,12,14,17-18H,4,9-11H2,1-3H3,(H,21,25)/t14-,17+,18+/m0/s1. The lowest BCUT2D eigenvalue weighted by molar-refractivity contribution is -0.125. The monoisotopic (exact) mass is 450 g/mol. The third-order valence-electron chi connectivity index (χ3n) is 5.60. The van der Waals surface area contributed by atoms with Crippen LogP contribution in [0.5, 0.6) is 5.75 Å². The normalized spacial score (nSPS) is 24.2. The first-order chi connectivity index (χ1) is 14.2. The fourth-order valence-electron chi connectivity index (χ4n) is 4.31. The number of hydrogen-bond donors (Lipinski definition) is 1. The molecule has 10 heteroatoms. The summed E-state index contributed by atoms with van der Waals surface area (Å²) in [6.45, 7) is 6.08. The van der Waals surface area contributed by atoms with Crippen molar-refractivity contribution >= 4 is 33.0 Å². The number of benzene rings is 1. The van der Waals surface area contributed by atoms with Crippen molar-refractivity contribution in [3.63, 3.8) is 0 Å². The van der Waals surface area contributed by atoms with Crippen LogP contribution in [0.1, 0.15) is 38.1 Å². The summed E-state index contributed by atoms with van der Waals surface area (Å²) in [5.74, 6) is 0.393. The van der Waals surface area contributed by atoms with Gasteiger partial charge in [0.2, 0.25) is 10.2 Å². The molecule has 2 aliphatic heterocycles. The molecule has 1 aromatic heterocycles. The van der Waals surface area contributed by atoms with E-state index in [9.17, 15) is 13.2 Å².